The van der Waals surface area contributed by atoms with Gasteiger partial charge in [-0.2, -0.15) is 0 Å². The van der Waals surface area contributed by atoms with Crippen molar-refractivity contribution in [2.45, 2.75) is 20.8 Å². The second-order valence-electron chi connectivity index (χ2n) is 5.65. The molecular weight excluding hydrogens is 364 g/mol. The molecule has 0 bridgehead atoms. The van der Waals surface area contributed by atoms with Crippen LogP contribution in [-0.4, -0.2) is 30.3 Å². The first-order valence-electron chi connectivity index (χ1n) is 7.38. The van der Waals surface area contributed by atoms with Crippen molar-refractivity contribution >= 4 is 17.3 Å². The molecule has 9 nitrogen and oxygen atoms in total. The molecule has 0 saturated heterocycles. The van der Waals surface area contributed by atoms with E-state index in [1.165, 1.54) is 0 Å². The molecule has 0 fully saturated rings. The number of aromatic nitrogens is 3. The minimum Gasteiger partial charge on any atom is -0.504 e. The molecule has 0 amide bonds. The third-order valence-electron chi connectivity index (χ3n) is 4.10. The Kier molecular flexibility index (Phi) is 4.25. The van der Waals surface area contributed by atoms with Gasteiger partial charge in [0.25, 0.3) is 5.89 Å². The average Bonchev–Trinajstić information content (AvgIpc) is 3.04. The molecule has 10 heteroatoms. The van der Waals surface area contributed by atoms with Crippen molar-refractivity contribution in [2.24, 2.45) is 0 Å². The van der Waals surface area contributed by atoms with Gasteiger partial charge in [0, 0.05) is 17.3 Å². The fourth-order valence-corrected chi connectivity index (χ4v) is 2.81. The number of hydrogen-bond acceptors (Lipinski definition) is 8. The summed E-state index contributed by atoms with van der Waals surface area (Å²) in [6, 6.07) is 2.12. The van der Waals surface area contributed by atoms with Gasteiger partial charge in [0.05, 0.1) is 10.5 Å². The van der Waals surface area contributed by atoms with Crippen LogP contribution in [0.15, 0.2) is 16.5 Å². The number of rotatable bonds is 3. The van der Waals surface area contributed by atoms with E-state index in [4.69, 9.17) is 16.0 Å². The maximum absolute atomic E-state index is 11.0. The first-order chi connectivity index (χ1) is 12.2. The zero-order valence-electron chi connectivity index (χ0n) is 13.9. The van der Waals surface area contributed by atoms with Gasteiger partial charge in [-0.15, -0.1) is 10.2 Å². The molecule has 3 aromatic rings. The Morgan fingerprint density at radius 2 is 1.77 bits per heavy atom. The monoisotopic (exact) mass is 376 g/mol. The van der Waals surface area contributed by atoms with Crippen molar-refractivity contribution in [3.8, 4) is 34.4 Å². The fourth-order valence-electron chi connectivity index (χ4n) is 2.46. The summed E-state index contributed by atoms with van der Waals surface area (Å²) in [7, 11) is 0. The van der Waals surface area contributed by atoms with Crippen molar-refractivity contribution < 1.29 is 19.6 Å². The van der Waals surface area contributed by atoms with E-state index in [1.54, 1.807) is 0 Å². The third kappa shape index (κ3) is 2.82. The quantitative estimate of drug-likeness (QED) is 0.305. The number of halogens is 1. The van der Waals surface area contributed by atoms with Crippen LogP contribution in [0.5, 0.6) is 11.5 Å². The number of phenolic OH excluding ortho intramolecular Hbond substituents is 2. The highest BCUT2D eigenvalue weighted by Crippen LogP contribution is 2.40. The molecule has 2 heterocycles. The number of nitro groups is 1. The number of hydrogen-bond donors (Lipinski definition) is 2. The molecule has 0 unspecified atom stereocenters. The largest absolute Gasteiger partial charge is 0.504 e. The molecule has 1 aromatic carbocycles. The Hall–Kier alpha value is -3.20. The minimum atomic E-state index is -0.837. The Morgan fingerprint density at radius 1 is 1.12 bits per heavy atom. The lowest BCUT2D eigenvalue weighted by Gasteiger charge is -2.09. The molecule has 2 N–H and O–H groups in total. The first kappa shape index (κ1) is 17.6. The summed E-state index contributed by atoms with van der Waals surface area (Å²) >= 11 is 6.21. The van der Waals surface area contributed by atoms with Crippen molar-refractivity contribution in [3.05, 3.63) is 44.2 Å². The Labute approximate surface area is 152 Å². The molecule has 0 aliphatic carbocycles. The topological polar surface area (TPSA) is 135 Å². The smallest absolute Gasteiger partial charge is 0.315 e. The Morgan fingerprint density at radius 3 is 2.42 bits per heavy atom. The number of aromatic hydroxyl groups is 2. The Balaban J connectivity index is 2.13. The molecule has 26 heavy (non-hydrogen) atoms. The normalized spacial score (nSPS) is 10.9. The molecule has 0 saturated carbocycles. The van der Waals surface area contributed by atoms with Crippen LogP contribution in [0.2, 0.25) is 5.15 Å². The lowest BCUT2D eigenvalue weighted by Crippen LogP contribution is -1.96. The van der Waals surface area contributed by atoms with E-state index in [1.807, 2.05) is 20.8 Å². The van der Waals surface area contributed by atoms with E-state index < -0.39 is 22.1 Å². The Bertz CT molecular complexity index is 1050. The second kappa shape index (κ2) is 6.26. The molecule has 134 valence electrons. The molecule has 0 spiro atoms. The zero-order chi connectivity index (χ0) is 19.2. The fraction of sp³-hybridized carbons (Fsp3) is 0.188. The summed E-state index contributed by atoms with van der Waals surface area (Å²) in [5, 5.41) is 38.2. The van der Waals surface area contributed by atoms with Crippen molar-refractivity contribution in [3.63, 3.8) is 0 Å². The number of aryl methyl sites for hydroxylation is 1. The molecule has 0 aliphatic rings. The van der Waals surface area contributed by atoms with Crippen molar-refractivity contribution in [1.29, 1.82) is 0 Å². The van der Waals surface area contributed by atoms with Gasteiger partial charge < -0.3 is 14.6 Å². The van der Waals surface area contributed by atoms with E-state index >= 15 is 0 Å². The van der Waals surface area contributed by atoms with Gasteiger partial charge in [-0.1, -0.05) is 11.6 Å². The van der Waals surface area contributed by atoms with Crippen LogP contribution in [0.4, 0.5) is 5.69 Å². The van der Waals surface area contributed by atoms with Crippen LogP contribution in [0, 0.1) is 30.9 Å². The first-order valence-corrected chi connectivity index (χ1v) is 7.76. The van der Waals surface area contributed by atoms with Gasteiger partial charge in [-0.25, -0.2) is 4.98 Å². The number of phenols is 2. The number of benzene rings is 1. The van der Waals surface area contributed by atoms with Crippen LogP contribution in [0.3, 0.4) is 0 Å². The predicted molar refractivity (Wildman–Crippen MR) is 92.2 cm³/mol. The van der Waals surface area contributed by atoms with E-state index in [2.05, 4.69) is 15.2 Å². The van der Waals surface area contributed by atoms with Gasteiger partial charge in [0.1, 0.15) is 5.15 Å². The third-order valence-corrected chi connectivity index (χ3v) is 4.38. The molecule has 0 atom stereocenters. The van der Waals surface area contributed by atoms with E-state index in [-0.39, 0.29) is 22.5 Å². The van der Waals surface area contributed by atoms with Gasteiger partial charge in [0.15, 0.2) is 5.75 Å². The summed E-state index contributed by atoms with van der Waals surface area (Å²) in [5.41, 5.74) is 2.37. The lowest BCUT2D eigenvalue weighted by molar-refractivity contribution is -0.385. The van der Waals surface area contributed by atoms with Crippen molar-refractivity contribution in [2.75, 3.05) is 0 Å². The highest BCUT2D eigenvalue weighted by Gasteiger charge is 2.23. The molecule has 3 rings (SSSR count). The summed E-state index contributed by atoms with van der Waals surface area (Å²) in [6.45, 7) is 5.55. The van der Waals surface area contributed by atoms with Crippen LogP contribution in [0.1, 0.15) is 16.8 Å². The standard InChI is InChI=1S/C16H13ClN4O5/c1-6-7(2)12(14(17)18-8(6)3)16-20-19-15(26-16)9-4-10(21(24)25)13(23)11(22)5-9/h4-5,22-23H,1-3H3. The van der Waals surface area contributed by atoms with E-state index in [0.717, 1.165) is 29.0 Å². The zero-order valence-corrected chi connectivity index (χ0v) is 14.7. The maximum atomic E-state index is 11.0. The average molecular weight is 377 g/mol. The number of pyridine rings is 1. The highest BCUT2D eigenvalue weighted by atomic mass is 35.5. The molecule has 0 aliphatic heterocycles. The van der Waals surface area contributed by atoms with E-state index in [0.29, 0.717) is 5.56 Å². The molecule has 0 radical (unpaired) electrons. The summed E-state index contributed by atoms with van der Waals surface area (Å²) < 4.78 is 5.58. The number of nitrogens with zero attached hydrogens (tertiary/aromatic N) is 4. The van der Waals surface area contributed by atoms with E-state index in [9.17, 15) is 20.3 Å². The number of nitro benzene ring substituents is 1. The predicted octanol–water partition coefficient (Wildman–Crippen LogP) is 3.70. The van der Waals surface area contributed by atoms with Gasteiger partial charge >= 0.3 is 5.69 Å². The molecular formula is C16H13ClN4O5. The van der Waals surface area contributed by atoms with Crippen LogP contribution in [-0.2, 0) is 0 Å². The van der Waals surface area contributed by atoms with Gasteiger partial charge in [-0.3, -0.25) is 10.1 Å². The van der Waals surface area contributed by atoms with Gasteiger partial charge in [0.2, 0.25) is 11.6 Å². The summed E-state index contributed by atoms with van der Waals surface area (Å²) in [5.74, 6) is -1.49. The lowest BCUT2D eigenvalue weighted by atomic mass is 10.0. The van der Waals surface area contributed by atoms with Crippen molar-refractivity contribution in [1.82, 2.24) is 15.2 Å². The van der Waals surface area contributed by atoms with Crippen LogP contribution < -0.4 is 0 Å². The van der Waals surface area contributed by atoms with Gasteiger partial charge in [-0.05, 0) is 38.0 Å². The van der Waals surface area contributed by atoms with Crippen LogP contribution in [0.25, 0.3) is 22.9 Å². The second-order valence-corrected chi connectivity index (χ2v) is 6.00. The summed E-state index contributed by atoms with van der Waals surface area (Å²) in [6.07, 6.45) is 0. The van der Waals surface area contributed by atoms with Crippen LogP contribution >= 0.6 is 11.6 Å². The minimum absolute atomic E-state index is 0.0768. The molecule has 2 aromatic heterocycles. The maximum Gasteiger partial charge on any atom is 0.315 e. The highest BCUT2D eigenvalue weighted by molar-refractivity contribution is 6.32. The SMILES string of the molecule is Cc1nc(Cl)c(-c2nnc(-c3cc(O)c(O)c([N+](=O)[O-])c3)o2)c(C)c1C. The summed E-state index contributed by atoms with van der Waals surface area (Å²) in [4.78, 5) is 14.4.